The predicted octanol–water partition coefficient (Wildman–Crippen LogP) is 2.02. The van der Waals surface area contributed by atoms with Gasteiger partial charge in [0.25, 0.3) is 5.91 Å². The Labute approximate surface area is 153 Å². The van der Waals surface area contributed by atoms with Crippen LogP contribution >= 0.6 is 11.3 Å². The lowest BCUT2D eigenvalue weighted by atomic mass is 10.1. The van der Waals surface area contributed by atoms with Gasteiger partial charge in [-0.25, -0.2) is 13.4 Å². The van der Waals surface area contributed by atoms with Crippen LogP contribution in [-0.4, -0.2) is 31.5 Å². The summed E-state index contributed by atoms with van der Waals surface area (Å²) in [5, 5.41) is 2.95. The Morgan fingerprint density at radius 2 is 1.73 bits per heavy atom. The summed E-state index contributed by atoms with van der Waals surface area (Å²) in [4.78, 5) is 27.6. The number of primary amides is 1. The molecule has 26 heavy (non-hydrogen) atoms. The number of sulfonamides is 1. The smallest absolute Gasteiger partial charge is 0.255 e. The number of hydrogen-bond acceptors (Lipinski definition) is 6. The molecule has 2 aromatic carbocycles. The highest BCUT2D eigenvalue weighted by Gasteiger charge is 2.12. The van der Waals surface area contributed by atoms with E-state index >= 15 is 0 Å². The number of nitrogens with two attached hydrogens (primary N) is 1. The van der Waals surface area contributed by atoms with Crippen molar-refractivity contribution < 1.29 is 18.0 Å². The van der Waals surface area contributed by atoms with Gasteiger partial charge >= 0.3 is 0 Å². The molecular formula is C16H14N4O4S2. The van der Waals surface area contributed by atoms with Crippen LogP contribution in [0.5, 0.6) is 0 Å². The molecule has 2 amide bonds. The van der Waals surface area contributed by atoms with Crippen molar-refractivity contribution >= 4 is 54.2 Å². The summed E-state index contributed by atoms with van der Waals surface area (Å²) in [7, 11) is -3.42. The molecule has 1 heterocycles. The van der Waals surface area contributed by atoms with E-state index in [4.69, 9.17) is 5.73 Å². The molecule has 1 aromatic heterocycles. The third-order valence-corrected chi connectivity index (χ3v) is 4.98. The maximum absolute atomic E-state index is 12.4. The molecule has 0 bridgehead atoms. The molecule has 0 unspecified atom stereocenters. The molecule has 3 aromatic rings. The van der Waals surface area contributed by atoms with Crippen LogP contribution in [0, 0.1) is 0 Å². The van der Waals surface area contributed by atoms with Crippen LogP contribution in [0.3, 0.4) is 0 Å². The van der Waals surface area contributed by atoms with Crippen LogP contribution in [0.25, 0.3) is 10.2 Å². The van der Waals surface area contributed by atoms with Crippen molar-refractivity contribution in [3.63, 3.8) is 0 Å². The molecule has 0 aliphatic carbocycles. The first kappa shape index (κ1) is 17.8. The van der Waals surface area contributed by atoms with Crippen LogP contribution in [0.15, 0.2) is 42.5 Å². The molecule has 0 atom stereocenters. The number of nitrogens with zero attached hydrogens (tertiary/aromatic N) is 1. The van der Waals surface area contributed by atoms with Crippen LogP contribution in [0.1, 0.15) is 20.7 Å². The lowest BCUT2D eigenvalue weighted by Gasteiger charge is -2.05. The molecule has 0 radical (unpaired) electrons. The fourth-order valence-electron chi connectivity index (χ4n) is 2.19. The van der Waals surface area contributed by atoms with Crippen molar-refractivity contribution in [3.8, 4) is 0 Å². The Morgan fingerprint density at radius 1 is 1.08 bits per heavy atom. The number of fused-ring (bicyclic) bond motifs is 1. The molecule has 3 rings (SSSR count). The fourth-order valence-corrected chi connectivity index (χ4v) is 3.93. The van der Waals surface area contributed by atoms with Gasteiger partial charge in [-0.3, -0.25) is 14.3 Å². The molecular weight excluding hydrogens is 376 g/mol. The van der Waals surface area contributed by atoms with Gasteiger partial charge in [0.2, 0.25) is 15.9 Å². The Morgan fingerprint density at radius 3 is 2.35 bits per heavy atom. The first-order chi connectivity index (χ1) is 12.2. The largest absolute Gasteiger partial charge is 0.366 e. The minimum atomic E-state index is -3.42. The maximum Gasteiger partial charge on any atom is 0.255 e. The molecule has 0 fully saturated rings. The highest BCUT2D eigenvalue weighted by molar-refractivity contribution is 7.92. The number of carbonyl (C=O) groups excluding carboxylic acids is 2. The third-order valence-electron chi connectivity index (χ3n) is 3.35. The quantitative estimate of drug-likeness (QED) is 0.613. The van der Waals surface area contributed by atoms with E-state index in [0.717, 1.165) is 17.6 Å². The van der Waals surface area contributed by atoms with Gasteiger partial charge in [0.1, 0.15) is 0 Å². The van der Waals surface area contributed by atoms with E-state index in [-0.39, 0.29) is 11.0 Å². The summed E-state index contributed by atoms with van der Waals surface area (Å²) in [6, 6.07) is 11.1. The monoisotopic (exact) mass is 390 g/mol. The summed E-state index contributed by atoms with van der Waals surface area (Å²) in [5.74, 6) is -0.887. The number of aromatic nitrogens is 1. The molecule has 10 heteroatoms. The Balaban J connectivity index is 1.80. The number of rotatable bonds is 5. The number of carbonyl (C=O) groups is 2. The molecule has 4 N–H and O–H groups in total. The van der Waals surface area contributed by atoms with Gasteiger partial charge in [0.15, 0.2) is 5.13 Å². The fraction of sp³-hybridized carbons (Fsp3) is 0.0625. The first-order valence-electron chi connectivity index (χ1n) is 7.31. The number of benzene rings is 2. The molecule has 0 saturated heterocycles. The number of amides is 2. The summed E-state index contributed by atoms with van der Waals surface area (Å²) in [6.45, 7) is 0. The van der Waals surface area contributed by atoms with E-state index in [2.05, 4.69) is 15.0 Å². The minimum absolute atomic E-state index is 0.238. The van der Waals surface area contributed by atoms with Crippen molar-refractivity contribution in [1.82, 2.24) is 4.98 Å². The second kappa shape index (κ2) is 6.73. The number of nitrogens with one attached hydrogen (secondary N) is 2. The van der Waals surface area contributed by atoms with E-state index in [1.807, 2.05) is 0 Å². The number of anilines is 2. The van der Waals surface area contributed by atoms with E-state index in [1.54, 1.807) is 30.3 Å². The van der Waals surface area contributed by atoms with E-state index in [9.17, 15) is 18.0 Å². The predicted molar refractivity (Wildman–Crippen MR) is 101 cm³/mol. The van der Waals surface area contributed by atoms with Crippen LogP contribution in [-0.2, 0) is 10.0 Å². The zero-order valence-electron chi connectivity index (χ0n) is 13.5. The Kier molecular flexibility index (Phi) is 4.62. The van der Waals surface area contributed by atoms with Gasteiger partial charge in [-0.2, -0.15) is 0 Å². The Hall–Kier alpha value is -2.98. The maximum atomic E-state index is 12.4. The Bertz CT molecular complexity index is 1100. The standard InChI is InChI=1S/C16H14N4O4S2/c1-26(23,24)20-16-19-12-7-4-10(8-13(12)25-16)15(22)18-11-5-2-9(3-6-11)14(17)21/h2-8H,1H3,(H2,17,21)(H,18,22)(H,19,20). The number of hydrogen-bond donors (Lipinski definition) is 3. The number of thiazole rings is 1. The van der Waals surface area contributed by atoms with E-state index in [0.29, 0.717) is 27.0 Å². The van der Waals surface area contributed by atoms with Gasteiger partial charge < -0.3 is 11.1 Å². The van der Waals surface area contributed by atoms with Gasteiger partial charge in [-0.15, -0.1) is 0 Å². The molecule has 0 aliphatic heterocycles. The summed E-state index contributed by atoms with van der Waals surface area (Å²) in [5.41, 5.74) is 7.02. The normalized spacial score (nSPS) is 11.3. The molecule has 0 saturated carbocycles. The van der Waals surface area contributed by atoms with Gasteiger partial charge in [-0.1, -0.05) is 11.3 Å². The topological polar surface area (TPSA) is 131 Å². The third kappa shape index (κ3) is 4.16. The molecule has 0 spiro atoms. The lowest BCUT2D eigenvalue weighted by Crippen LogP contribution is -2.13. The second-order valence-electron chi connectivity index (χ2n) is 5.47. The van der Waals surface area contributed by atoms with Gasteiger partial charge in [-0.05, 0) is 42.5 Å². The van der Waals surface area contributed by atoms with Crippen molar-refractivity contribution in [3.05, 3.63) is 53.6 Å². The lowest BCUT2D eigenvalue weighted by molar-refractivity contribution is 0.0998. The first-order valence-corrected chi connectivity index (χ1v) is 10.0. The van der Waals surface area contributed by atoms with Gasteiger partial charge in [0, 0.05) is 16.8 Å². The minimum Gasteiger partial charge on any atom is -0.366 e. The second-order valence-corrected chi connectivity index (χ2v) is 8.25. The van der Waals surface area contributed by atoms with Crippen molar-refractivity contribution in [1.29, 1.82) is 0 Å². The SMILES string of the molecule is CS(=O)(=O)Nc1nc2ccc(C(=O)Nc3ccc(C(N)=O)cc3)cc2s1. The zero-order valence-corrected chi connectivity index (χ0v) is 15.1. The van der Waals surface area contributed by atoms with E-state index in [1.165, 1.54) is 12.1 Å². The highest BCUT2D eigenvalue weighted by Crippen LogP contribution is 2.27. The summed E-state index contributed by atoms with van der Waals surface area (Å²) in [6.07, 6.45) is 1.04. The summed E-state index contributed by atoms with van der Waals surface area (Å²) >= 11 is 1.13. The van der Waals surface area contributed by atoms with Crippen LogP contribution in [0.4, 0.5) is 10.8 Å². The highest BCUT2D eigenvalue weighted by atomic mass is 32.2. The molecule has 8 nitrogen and oxygen atoms in total. The average Bonchev–Trinajstić information content (AvgIpc) is 2.94. The van der Waals surface area contributed by atoms with Crippen LogP contribution < -0.4 is 15.8 Å². The average molecular weight is 390 g/mol. The zero-order chi connectivity index (χ0) is 18.9. The summed E-state index contributed by atoms with van der Waals surface area (Å²) < 4.78 is 25.6. The molecule has 134 valence electrons. The molecule has 0 aliphatic rings. The van der Waals surface area contributed by atoms with Crippen molar-refractivity contribution in [2.24, 2.45) is 5.73 Å². The van der Waals surface area contributed by atoms with Crippen LogP contribution in [0.2, 0.25) is 0 Å². The van der Waals surface area contributed by atoms with Gasteiger partial charge in [0.05, 0.1) is 16.5 Å². The van der Waals surface area contributed by atoms with Crippen molar-refractivity contribution in [2.75, 3.05) is 16.3 Å². The van der Waals surface area contributed by atoms with E-state index < -0.39 is 15.9 Å². The van der Waals surface area contributed by atoms with Crippen molar-refractivity contribution in [2.45, 2.75) is 0 Å².